The molecule has 4 heteroatoms. The first kappa shape index (κ1) is 12.2. The van der Waals surface area contributed by atoms with Crippen molar-refractivity contribution in [3.63, 3.8) is 0 Å². The molecule has 0 fully saturated rings. The molecule has 1 aliphatic heterocycles. The van der Waals surface area contributed by atoms with Crippen molar-refractivity contribution in [1.29, 1.82) is 0 Å². The Balaban J connectivity index is 1.80. The van der Waals surface area contributed by atoms with Gasteiger partial charge in [-0.3, -0.25) is 0 Å². The number of benzene rings is 1. The van der Waals surface area contributed by atoms with Crippen LogP contribution in [0.4, 0.5) is 0 Å². The summed E-state index contributed by atoms with van der Waals surface area (Å²) in [4.78, 5) is 4.70. The molecule has 4 nitrogen and oxygen atoms in total. The number of fused-ring (bicyclic) bond motifs is 1. The number of hydrogen-bond donors (Lipinski definition) is 1. The van der Waals surface area contributed by atoms with E-state index in [4.69, 9.17) is 15.5 Å². The lowest BCUT2D eigenvalue weighted by molar-refractivity contribution is 0.414. The average molecular weight is 257 g/mol. The summed E-state index contributed by atoms with van der Waals surface area (Å²) in [7, 11) is 1.69. The number of ether oxygens (including phenoxy) is 1. The van der Waals surface area contributed by atoms with Crippen LogP contribution in [0.15, 0.2) is 30.5 Å². The quantitative estimate of drug-likeness (QED) is 0.911. The highest BCUT2D eigenvalue weighted by molar-refractivity contribution is 5.31. The molecular formula is C15H19N3O. The zero-order valence-electron chi connectivity index (χ0n) is 11.2. The van der Waals surface area contributed by atoms with Crippen LogP contribution in [0.3, 0.4) is 0 Å². The number of aryl methyl sites for hydroxylation is 1. The molecule has 1 aromatic carbocycles. The van der Waals surface area contributed by atoms with Crippen LogP contribution in [0.1, 0.15) is 23.5 Å². The zero-order valence-corrected chi connectivity index (χ0v) is 11.2. The van der Waals surface area contributed by atoms with Gasteiger partial charge in [0.2, 0.25) is 0 Å². The maximum Gasteiger partial charge on any atom is 0.119 e. The molecule has 19 heavy (non-hydrogen) atoms. The average Bonchev–Trinajstić information content (AvgIpc) is 2.80. The molecule has 0 radical (unpaired) electrons. The van der Waals surface area contributed by atoms with Gasteiger partial charge in [0.25, 0.3) is 0 Å². The summed E-state index contributed by atoms with van der Waals surface area (Å²) in [5.41, 5.74) is 8.31. The predicted octanol–water partition coefficient (Wildman–Crippen LogP) is 1.76. The van der Waals surface area contributed by atoms with E-state index >= 15 is 0 Å². The Labute approximate surface area is 113 Å². The number of rotatable bonds is 3. The monoisotopic (exact) mass is 257 g/mol. The summed E-state index contributed by atoms with van der Waals surface area (Å²) in [5.74, 6) is 2.06. The van der Waals surface area contributed by atoms with Crippen molar-refractivity contribution in [2.75, 3.05) is 7.11 Å². The van der Waals surface area contributed by atoms with E-state index in [2.05, 4.69) is 22.9 Å². The Morgan fingerprint density at radius 3 is 3.21 bits per heavy atom. The summed E-state index contributed by atoms with van der Waals surface area (Å²) >= 11 is 0. The standard InChI is InChI=1S/C15H19N3O/c1-19-14-4-2-3-11(8-14)7-13-10-18-9-12(16)5-6-15(18)17-13/h2-4,8,10,12H,5-7,9,16H2,1H3. The molecule has 1 aliphatic rings. The van der Waals surface area contributed by atoms with E-state index in [1.165, 1.54) is 11.4 Å². The normalized spacial score (nSPS) is 18.1. The molecule has 2 heterocycles. The second-order valence-electron chi connectivity index (χ2n) is 5.13. The lowest BCUT2D eigenvalue weighted by atomic mass is 10.1. The number of hydrogen-bond acceptors (Lipinski definition) is 3. The molecule has 3 rings (SSSR count). The number of nitrogens with zero attached hydrogens (tertiary/aromatic N) is 2. The maximum absolute atomic E-state index is 5.98. The van der Waals surface area contributed by atoms with Gasteiger partial charge in [-0.05, 0) is 24.1 Å². The van der Waals surface area contributed by atoms with Gasteiger partial charge in [0.15, 0.2) is 0 Å². The minimum absolute atomic E-state index is 0.270. The Kier molecular flexibility index (Phi) is 3.25. The van der Waals surface area contributed by atoms with Crippen molar-refractivity contribution in [3.05, 3.63) is 47.5 Å². The van der Waals surface area contributed by atoms with Gasteiger partial charge in [0.05, 0.1) is 12.8 Å². The van der Waals surface area contributed by atoms with E-state index in [1.54, 1.807) is 7.11 Å². The molecule has 0 aliphatic carbocycles. The summed E-state index contributed by atoms with van der Waals surface area (Å²) in [6.07, 6.45) is 5.00. The largest absolute Gasteiger partial charge is 0.497 e. The first-order valence-corrected chi connectivity index (χ1v) is 6.68. The molecule has 100 valence electrons. The molecular weight excluding hydrogens is 238 g/mol. The number of imidazole rings is 1. The lowest BCUT2D eigenvalue weighted by Gasteiger charge is -2.19. The Morgan fingerprint density at radius 1 is 1.47 bits per heavy atom. The van der Waals surface area contributed by atoms with Crippen molar-refractivity contribution in [1.82, 2.24) is 9.55 Å². The molecule has 1 atom stereocenters. The van der Waals surface area contributed by atoms with E-state index in [0.29, 0.717) is 0 Å². The first-order valence-electron chi connectivity index (χ1n) is 6.68. The fourth-order valence-corrected chi connectivity index (χ4v) is 2.61. The number of nitrogens with two attached hydrogens (primary N) is 1. The molecule has 2 N–H and O–H groups in total. The smallest absolute Gasteiger partial charge is 0.119 e. The van der Waals surface area contributed by atoms with Crippen LogP contribution < -0.4 is 10.5 Å². The van der Waals surface area contributed by atoms with Crippen molar-refractivity contribution in [3.8, 4) is 5.75 Å². The van der Waals surface area contributed by atoms with Crippen molar-refractivity contribution in [2.45, 2.75) is 31.8 Å². The predicted molar refractivity (Wildman–Crippen MR) is 74.3 cm³/mol. The van der Waals surface area contributed by atoms with Crippen LogP contribution in [-0.4, -0.2) is 22.7 Å². The molecule has 0 saturated heterocycles. The summed E-state index contributed by atoms with van der Waals surface area (Å²) in [5, 5.41) is 0. The number of aromatic nitrogens is 2. The molecule has 0 saturated carbocycles. The zero-order chi connectivity index (χ0) is 13.2. The van der Waals surface area contributed by atoms with Gasteiger partial charge in [-0.2, -0.15) is 0 Å². The minimum Gasteiger partial charge on any atom is -0.497 e. The van der Waals surface area contributed by atoms with Gasteiger partial charge in [0.1, 0.15) is 11.6 Å². The third-order valence-electron chi connectivity index (χ3n) is 3.60. The van der Waals surface area contributed by atoms with E-state index < -0.39 is 0 Å². The van der Waals surface area contributed by atoms with E-state index in [9.17, 15) is 0 Å². The van der Waals surface area contributed by atoms with Crippen LogP contribution in [-0.2, 0) is 19.4 Å². The highest BCUT2D eigenvalue weighted by Gasteiger charge is 2.17. The van der Waals surface area contributed by atoms with Crippen molar-refractivity contribution >= 4 is 0 Å². The third kappa shape index (κ3) is 2.63. The van der Waals surface area contributed by atoms with E-state index in [1.807, 2.05) is 12.1 Å². The van der Waals surface area contributed by atoms with Gasteiger partial charge in [-0.15, -0.1) is 0 Å². The topological polar surface area (TPSA) is 53.1 Å². The van der Waals surface area contributed by atoms with Crippen molar-refractivity contribution < 1.29 is 4.74 Å². The fourth-order valence-electron chi connectivity index (χ4n) is 2.61. The second kappa shape index (κ2) is 5.05. The van der Waals surface area contributed by atoms with Crippen LogP contribution in [0.25, 0.3) is 0 Å². The molecule has 0 spiro atoms. The molecule has 2 aromatic rings. The second-order valence-corrected chi connectivity index (χ2v) is 5.13. The summed E-state index contributed by atoms with van der Waals surface area (Å²) in [6, 6.07) is 8.41. The molecule has 0 bridgehead atoms. The fraction of sp³-hybridized carbons (Fsp3) is 0.400. The minimum atomic E-state index is 0.270. The Hall–Kier alpha value is -1.81. The van der Waals surface area contributed by atoms with Crippen molar-refractivity contribution in [2.24, 2.45) is 5.73 Å². The van der Waals surface area contributed by atoms with Gasteiger partial charge in [-0.1, -0.05) is 12.1 Å². The highest BCUT2D eigenvalue weighted by atomic mass is 16.5. The van der Waals surface area contributed by atoms with Crippen LogP contribution >= 0.6 is 0 Å². The van der Waals surface area contributed by atoms with Gasteiger partial charge in [0, 0.05) is 31.6 Å². The molecule has 1 unspecified atom stereocenters. The number of methoxy groups -OCH3 is 1. The Morgan fingerprint density at radius 2 is 2.37 bits per heavy atom. The highest BCUT2D eigenvalue weighted by Crippen LogP contribution is 2.18. The lowest BCUT2D eigenvalue weighted by Crippen LogP contribution is -2.31. The first-order chi connectivity index (χ1) is 9.24. The SMILES string of the molecule is COc1cccc(Cc2cn3c(n2)CCC(N)C3)c1. The molecule has 1 aromatic heterocycles. The van der Waals surface area contributed by atoms with E-state index in [0.717, 1.165) is 37.3 Å². The third-order valence-corrected chi connectivity index (χ3v) is 3.60. The van der Waals surface area contributed by atoms with Crippen LogP contribution in [0, 0.1) is 0 Å². The maximum atomic E-state index is 5.98. The van der Waals surface area contributed by atoms with Gasteiger partial charge in [-0.25, -0.2) is 4.98 Å². The summed E-state index contributed by atoms with van der Waals surface area (Å²) in [6.45, 7) is 0.889. The Bertz CT molecular complexity index is 577. The van der Waals surface area contributed by atoms with Crippen LogP contribution in [0.5, 0.6) is 5.75 Å². The van der Waals surface area contributed by atoms with E-state index in [-0.39, 0.29) is 6.04 Å². The summed E-state index contributed by atoms with van der Waals surface area (Å²) < 4.78 is 7.44. The van der Waals surface area contributed by atoms with Crippen LogP contribution in [0.2, 0.25) is 0 Å². The van der Waals surface area contributed by atoms with Gasteiger partial charge >= 0.3 is 0 Å². The molecule has 0 amide bonds. The van der Waals surface area contributed by atoms with Gasteiger partial charge < -0.3 is 15.0 Å².